The number of amides is 1. The van der Waals surface area contributed by atoms with Crippen molar-refractivity contribution in [3.8, 4) is 0 Å². The van der Waals surface area contributed by atoms with Crippen molar-refractivity contribution in [3.05, 3.63) is 40.9 Å². The van der Waals surface area contributed by atoms with Crippen LogP contribution in [0.4, 0.5) is 0 Å². The van der Waals surface area contributed by atoms with Crippen molar-refractivity contribution in [2.24, 2.45) is 0 Å². The molecule has 0 spiro atoms. The van der Waals surface area contributed by atoms with E-state index in [1.54, 1.807) is 16.9 Å². The molecule has 3 aromatic rings. The van der Waals surface area contributed by atoms with Gasteiger partial charge in [-0.1, -0.05) is 11.3 Å². The Bertz CT molecular complexity index is 812. The minimum absolute atomic E-state index is 0.161. The van der Waals surface area contributed by atoms with Gasteiger partial charge in [0.15, 0.2) is 5.82 Å². The Morgan fingerprint density at radius 1 is 1.25 bits per heavy atom. The number of aryl methyl sites for hydroxylation is 2. The van der Waals surface area contributed by atoms with Crippen LogP contribution < -0.4 is 0 Å². The van der Waals surface area contributed by atoms with E-state index < -0.39 is 0 Å². The fourth-order valence-electron chi connectivity index (χ4n) is 2.50. The van der Waals surface area contributed by atoms with Gasteiger partial charge in [0.1, 0.15) is 5.01 Å². The summed E-state index contributed by atoms with van der Waals surface area (Å²) in [5, 5.41) is 13.4. The number of pyridine rings is 1. The van der Waals surface area contributed by atoms with Crippen molar-refractivity contribution in [3.63, 3.8) is 0 Å². The second kappa shape index (κ2) is 7.48. The number of likely N-dealkylation sites (N-methyl/N-ethyl adjacent to an activating group) is 1. The normalized spacial score (nSPS) is 11.1. The highest BCUT2D eigenvalue weighted by Gasteiger charge is 2.14. The third-order valence-electron chi connectivity index (χ3n) is 3.90. The molecule has 0 aromatic carbocycles. The van der Waals surface area contributed by atoms with Gasteiger partial charge in [0, 0.05) is 38.3 Å². The summed E-state index contributed by atoms with van der Waals surface area (Å²) in [6, 6.07) is 3.97. The zero-order valence-electron chi connectivity index (χ0n) is 13.8. The van der Waals surface area contributed by atoms with E-state index in [0.29, 0.717) is 19.4 Å². The van der Waals surface area contributed by atoms with Crippen molar-refractivity contribution in [1.29, 1.82) is 0 Å². The van der Waals surface area contributed by atoms with Gasteiger partial charge in [0.25, 0.3) is 0 Å². The number of carbonyl (C=O) groups excluding carboxylic acids is 1. The summed E-state index contributed by atoms with van der Waals surface area (Å²) in [6.07, 6.45) is 5.51. The second-order valence-electron chi connectivity index (χ2n) is 5.52. The second-order valence-corrected chi connectivity index (χ2v) is 6.56. The first kappa shape index (κ1) is 16.5. The smallest absolute Gasteiger partial charge is 0.234 e. The standard InChI is InChI=1S/C16H20N6OS/c1-3-21(11-8-13-6-9-17-10-7-13)15(23)5-4-14-20-22-12(2)18-19-16(22)24-14/h6-7,9-10H,3-5,8,11H2,1-2H3. The molecule has 3 aromatic heterocycles. The number of nitrogens with zero attached hydrogens (tertiary/aromatic N) is 6. The predicted molar refractivity (Wildman–Crippen MR) is 91.9 cm³/mol. The van der Waals surface area contributed by atoms with E-state index in [4.69, 9.17) is 0 Å². The van der Waals surface area contributed by atoms with Crippen molar-refractivity contribution in [1.82, 2.24) is 29.7 Å². The summed E-state index contributed by atoms with van der Waals surface area (Å²) in [7, 11) is 0. The van der Waals surface area contributed by atoms with E-state index >= 15 is 0 Å². The fraction of sp³-hybridized carbons (Fsp3) is 0.438. The Hall–Kier alpha value is -2.35. The quantitative estimate of drug-likeness (QED) is 0.654. The number of rotatable bonds is 7. The van der Waals surface area contributed by atoms with Crippen LogP contribution in [0.5, 0.6) is 0 Å². The Kier molecular flexibility index (Phi) is 5.14. The molecule has 0 radical (unpaired) electrons. The molecule has 8 heteroatoms. The number of carbonyl (C=O) groups is 1. The lowest BCUT2D eigenvalue weighted by Crippen LogP contribution is -2.32. The van der Waals surface area contributed by atoms with Crippen LogP contribution in [0.2, 0.25) is 0 Å². The van der Waals surface area contributed by atoms with Crippen LogP contribution in [0.15, 0.2) is 24.5 Å². The predicted octanol–water partition coefficient (Wildman–Crippen LogP) is 1.91. The van der Waals surface area contributed by atoms with Crippen LogP contribution in [0.25, 0.3) is 4.96 Å². The largest absolute Gasteiger partial charge is 0.343 e. The van der Waals surface area contributed by atoms with E-state index in [-0.39, 0.29) is 5.91 Å². The molecule has 0 bridgehead atoms. The first-order valence-corrected chi connectivity index (χ1v) is 8.83. The molecular weight excluding hydrogens is 324 g/mol. The van der Waals surface area contributed by atoms with E-state index in [2.05, 4.69) is 20.3 Å². The molecule has 0 aliphatic rings. The molecule has 24 heavy (non-hydrogen) atoms. The number of fused-ring (bicyclic) bond motifs is 1. The van der Waals surface area contributed by atoms with Gasteiger partial charge < -0.3 is 4.90 Å². The van der Waals surface area contributed by atoms with Crippen LogP contribution in [0, 0.1) is 6.92 Å². The van der Waals surface area contributed by atoms with Gasteiger partial charge in [0.05, 0.1) is 0 Å². The van der Waals surface area contributed by atoms with E-state index in [1.165, 1.54) is 16.9 Å². The molecule has 0 saturated heterocycles. The molecule has 0 aliphatic carbocycles. The van der Waals surface area contributed by atoms with Crippen molar-refractivity contribution in [2.75, 3.05) is 13.1 Å². The number of hydrogen-bond donors (Lipinski definition) is 0. The zero-order valence-corrected chi connectivity index (χ0v) is 14.7. The molecule has 1 amide bonds. The van der Waals surface area contributed by atoms with Crippen LogP contribution in [-0.2, 0) is 17.6 Å². The van der Waals surface area contributed by atoms with Crippen molar-refractivity contribution in [2.45, 2.75) is 33.1 Å². The maximum absolute atomic E-state index is 12.4. The van der Waals surface area contributed by atoms with Gasteiger partial charge in [-0.2, -0.15) is 9.61 Å². The molecule has 3 rings (SSSR count). The fourth-order valence-corrected chi connectivity index (χ4v) is 3.38. The minimum Gasteiger partial charge on any atom is -0.343 e. The van der Waals surface area contributed by atoms with Crippen LogP contribution >= 0.6 is 11.3 Å². The Balaban J connectivity index is 1.54. The summed E-state index contributed by atoms with van der Waals surface area (Å²) >= 11 is 1.49. The first-order valence-electron chi connectivity index (χ1n) is 8.01. The Morgan fingerprint density at radius 3 is 2.75 bits per heavy atom. The van der Waals surface area contributed by atoms with Gasteiger partial charge in [-0.3, -0.25) is 9.78 Å². The monoisotopic (exact) mass is 344 g/mol. The van der Waals surface area contributed by atoms with Gasteiger partial charge >= 0.3 is 0 Å². The molecule has 126 valence electrons. The third-order valence-corrected chi connectivity index (χ3v) is 4.85. The van der Waals surface area contributed by atoms with Gasteiger partial charge in [-0.05, 0) is 38.0 Å². The number of aromatic nitrogens is 5. The summed E-state index contributed by atoms with van der Waals surface area (Å²) < 4.78 is 1.73. The first-order chi connectivity index (χ1) is 11.7. The van der Waals surface area contributed by atoms with Crippen molar-refractivity contribution >= 4 is 22.2 Å². The molecule has 0 atom stereocenters. The Morgan fingerprint density at radius 2 is 2.04 bits per heavy atom. The maximum atomic E-state index is 12.4. The highest BCUT2D eigenvalue weighted by Crippen LogP contribution is 2.15. The molecule has 0 saturated carbocycles. The zero-order chi connectivity index (χ0) is 16.9. The molecular formula is C16H20N6OS. The average molecular weight is 344 g/mol. The summed E-state index contributed by atoms with van der Waals surface area (Å²) in [5.74, 6) is 0.931. The van der Waals surface area contributed by atoms with Gasteiger partial charge in [-0.25, -0.2) is 0 Å². The van der Waals surface area contributed by atoms with Crippen LogP contribution in [-0.4, -0.2) is 48.7 Å². The highest BCUT2D eigenvalue weighted by atomic mass is 32.1. The van der Waals surface area contributed by atoms with Gasteiger partial charge in [0.2, 0.25) is 10.9 Å². The molecule has 3 heterocycles. The van der Waals surface area contributed by atoms with Crippen LogP contribution in [0.3, 0.4) is 0 Å². The summed E-state index contributed by atoms with van der Waals surface area (Å²) in [5.41, 5.74) is 1.19. The number of hydrogen-bond acceptors (Lipinski definition) is 6. The van der Waals surface area contributed by atoms with E-state index in [1.807, 2.05) is 30.9 Å². The molecule has 0 fully saturated rings. The summed E-state index contributed by atoms with van der Waals surface area (Å²) in [6.45, 7) is 5.32. The Labute approximate surface area is 144 Å². The lowest BCUT2D eigenvalue weighted by molar-refractivity contribution is -0.130. The maximum Gasteiger partial charge on any atom is 0.234 e. The molecule has 0 unspecified atom stereocenters. The highest BCUT2D eigenvalue weighted by molar-refractivity contribution is 7.16. The average Bonchev–Trinajstić information content (AvgIpc) is 3.16. The van der Waals surface area contributed by atoms with Crippen molar-refractivity contribution < 1.29 is 4.79 Å². The lowest BCUT2D eigenvalue weighted by Gasteiger charge is -2.20. The molecule has 0 N–H and O–H groups in total. The van der Waals surface area contributed by atoms with E-state index in [9.17, 15) is 4.79 Å². The van der Waals surface area contributed by atoms with Gasteiger partial charge in [-0.15, -0.1) is 10.2 Å². The summed E-state index contributed by atoms with van der Waals surface area (Å²) in [4.78, 5) is 19.1. The lowest BCUT2D eigenvalue weighted by atomic mass is 10.2. The minimum atomic E-state index is 0.161. The third kappa shape index (κ3) is 3.76. The SMILES string of the molecule is CCN(CCc1ccncc1)C(=O)CCc1nn2c(C)nnc2s1. The van der Waals surface area contributed by atoms with E-state index in [0.717, 1.165) is 28.8 Å². The van der Waals surface area contributed by atoms with Crippen LogP contribution in [0.1, 0.15) is 29.7 Å². The molecule has 7 nitrogen and oxygen atoms in total. The molecule has 0 aliphatic heterocycles. The topological polar surface area (TPSA) is 76.3 Å².